The summed E-state index contributed by atoms with van der Waals surface area (Å²) in [6.07, 6.45) is 7.84. The molecule has 8 rings (SSSR count). The molecule has 5 atom stereocenters. The number of benzene rings is 2. The highest BCUT2D eigenvalue weighted by atomic mass is 32.2. The first kappa shape index (κ1) is 24.6. The third kappa shape index (κ3) is 3.50. The fraction of sp³-hybridized carbons (Fsp3) is 0.517. The average Bonchev–Trinajstić information content (AvgIpc) is 3.62. The van der Waals surface area contributed by atoms with Crippen LogP contribution >= 0.6 is 0 Å². The minimum absolute atomic E-state index is 0.172. The number of hydrogen-bond acceptors (Lipinski definition) is 6. The Morgan fingerprint density at radius 1 is 0.950 bits per heavy atom. The summed E-state index contributed by atoms with van der Waals surface area (Å²) < 4.78 is 33.2. The standard InChI is InChI=1S/C29H36N8O2S/c1-35-10-12-36(13-11-35)40(38,39)37-24-9-8-23-21(16-31-32-23)27(24)25-17-4-2-3-5-18(14-17)26(25)28(37)19-6-7-22-20(15-19)29(30)34-33-22/h6-9,15-18,25-26,28H,2-5,10-14H2,1H3,(H,31,32)(H3,30,33,34)/t17?,18?,25?,26-,28?/m1/s1. The summed E-state index contributed by atoms with van der Waals surface area (Å²) in [4.78, 5) is 2.19. The van der Waals surface area contributed by atoms with Gasteiger partial charge in [-0.05, 0) is 79.0 Å². The number of nitrogens with zero attached hydrogens (tertiary/aromatic N) is 5. The van der Waals surface area contributed by atoms with Crippen molar-refractivity contribution in [1.82, 2.24) is 29.6 Å². The molecule has 2 aromatic carbocycles. The number of likely N-dealkylation sites (N-methyl/N-ethyl adjacent to an activating group) is 1. The SMILES string of the molecule is CN1CCN(S(=O)(=O)N2c3ccc4[nH]ncc4c3C3C4CCCCC(C4)[C@H]3C2c2ccc3[nH]nc(N)c3c2)CC1. The van der Waals surface area contributed by atoms with Crippen LogP contribution < -0.4 is 10.0 Å². The van der Waals surface area contributed by atoms with Gasteiger partial charge in [0.1, 0.15) is 0 Å². The normalized spacial score (nSPS) is 29.5. The molecule has 2 bridgehead atoms. The van der Waals surface area contributed by atoms with Crippen molar-refractivity contribution in [2.45, 2.75) is 44.1 Å². The number of fused-ring (bicyclic) bond motifs is 10. The number of H-pyrrole nitrogens is 2. The minimum atomic E-state index is -3.84. The Labute approximate surface area is 234 Å². The molecule has 4 aromatic rings. The zero-order valence-corrected chi connectivity index (χ0v) is 23.6. The first-order valence-corrected chi connectivity index (χ1v) is 16.0. The number of piperazine rings is 1. The zero-order valence-electron chi connectivity index (χ0n) is 22.8. The molecule has 2 aliphatic carbocycles. The van der Waals surface area contributed by atoms with Crippen LogP contribution in [0.15, 0.2) is 36.5 Å². The number of nitrogen functional groups attached to an aromatic ring is 1. The van der Waals surface area contributed by atoms with Gasteiger partial charge in [0, 0.05) is 37.0 Å². The van der Waals surface area contributed by atoms with Crippen molar-refractivity contribution < 1.29 is 8.42 Å². The van der Waals surface area contributed by atoms with Gasteiger partial charge in [-0.2, -0.15) is 22.9 Å². The molecule has 4 aliphatic rings. The summed E-state index contributed by atoms with van der Waals surface area (Å²) in [5, 5.41) is 16.7. The summed E-state index contributed by atoms with van der Waals surface area (Å²) in [6.45, 7) is 2.41. The lowest BCUT2D eigenvalue weighted by Gasteiger charge is -2.49. The molecular weight excluding hydrogens is 524 g/mol. The van der Waals surface area contributed by atoms with Crippen molar-refractivity contribution in [3.05, 3.63) is 47.7 Å². The molecule has 0 amide bonds. The van der Waals surface area contributed by atoms with Gasteiger partial charge in [-0.3, -0.25) is 10.2 Å². The molecule has 0 spiro atoms. The fourth-order valence-corrected chi connectivity index (χ4v) is 10.3. The molecule has 4 unspecified atom stereocenters. The van der Waals surface area contributed by atoms with E-state index in [9.17, 15) is 8.42 Å². The monoisotopic (exact) mass is 560 g/mol. The molecular formula is C29H36N8O2S. The Morgan fingerprint density at radius 3 is 2.52 bits per heavy atom. The summed E-state index contributed by atoms with van der Waals surface area (Å²) >= 11 is 0. The Kier molecular flexibility index (Phi) is 5.50. The number of nitrogens with one attached hydrogen (secondary N) is 2. The summed E-state index contributed by atoms with van der Waals surface area (Å²) in [5.74, 6) is 1.89. The fourth-order valence-electron chi connectivity index (χ4n) is 8.48. The molecule has 2 aliphatic heterocycles. The van der Waals surface area contributed by atoms with Crippen molar-refractivity contribution in [3.8, 4) is 0 Å². The van der Waals surface area contributed by atoms with Crippen molar-refractivity contribution in [2.75, 3.05) is 43.3 Å². The molecule has 4 heterocycles. The van der Waals surface area contributed by atoms with Gasteiger partial charge in [-0.1, -0.05) is 25.3 Å². The van der Waals surface area contributed by atoms with E-state index in [1.54, 1.807) is 8.61 Å². The first-order chi connectivity index (χ1) is 19.4. The van der Waals surface area contributed by atoms with Gasteiger partial charge in [0.25, 0.3) is 0 Å². The van der Waals surface area contributed by atoms with Crippen LogP contribution in [0.3, 0.4) is 0 Å². The quantitative estimate of drug-likeness (QED) is 0.348. The lowest BCUT2D eigenvalue weighted by atomic mass is 9.69. The summed E-state index contributed by atoms with van der Waals surface area (Å²) in [7, 11) is -1.79. The van der Waals surface area contributed by atoms with E-state index >= 15 is 0 Å². The van der Waals surface area contributed by atoms with Crippen molar-refractivity contribution in [3.63, 3.8) is 0 Å². The topological polar surface area (TPSA) is 127 Å². The lowest BCUT2D eigenvalue weighted by molar-refractivity contribution is 0.217. The van der Waals surface area contributed by atoms with E-state index in [1.165, 1.54) is 24.8 Å². The predicted octanol–water partition coefficient (Wildman–Crippen LogP) is 3.98. The van der Waals surface area contributed by atoms with Crippen LogP contribution in [0.5, 0.6) is 0 Å². The van der Waals surface area contributed by atoms with Gasteiger partial charge in [0.2, 0.25) is 0 Å². The predicted molar refractivity (Wildman–Crippen MR) is 156 cm³/mol. The Hall–Kier alpha value is -3.15. The number of anilines is 2. The third-order valence-corrected chi connectivity index (χ3v) is 12.2. The molecule has 2 saturated carbocycles. The van der Waals surface area contributed by atoms with Gasteiger partial charge in [-0.15, -0.1) is 0 Å². The van der Waals surface area contributed by atoms with Crippen LogP contribution in [0.2, 0.25) is 0 Å². The van der Waals surface area contributed by atoms with E-state index in [0.717, 1.165) is 59.0 Å². The number of aromatic amines is 2. The van der Waals surface area contributed by atoms with Crippen molar-refractivity contribution >= 4 is 43.5 Å². The van der Waals surface area contributed by atoms with Gasteiger partial charge < -0.3 is 10.6 Å². The number of nitrogens with two attached hydrogens (primary N) is 1. The highest BCUT2D eigenvalue weighted by Gasteiger charge is 2.56. The highest BCUT2D eigenvalue weighted by molar-refractivity contribution is 7.90. The molecule has 40 heavy (non-hydrogen) atoms. The van der Waals surface area contributed by atoms with Crippen molar-refractivity contribution in [1.29, 1.82) is 0 Å². The number of aromatic nitrogens is 4. The van der Waals surface area contributed by atoms with E-state index in [0.29, 0.717) is 30.7 Å². The smallest absolute Gasteiger partial charge is 0.304 e. The molecule has 3 fully saturated rings. The molecule has 11 heteroatoms. The Balaban J connectivity index is 1.40. The average molecular weight is 561 g/mol. The third-order valence-electron chi connectivity index (χ3n) is 10.3. The molecule has 10 nitrogen and oxygen atoms in total. The van der Waals surface area contributed by atoms with Gasteiger partial charge in [0.05, 0.1) is 29.0 Å². The maximum atomic E-state index is 14.9. The van der Waals surface area contributed by atoms with E-state index in [2.05, 4.69) is 44.5 Å². The maximum absolute atomic E-state index is 14.9. The molecule has 2 aromatic heterocycles. The molecule has 1 saturated heterocycles. The Bertz CT molecular complexity index is 1710. The van der Waals surface area contributed by atoms with Crippen LogP contribution in [-0.4, -0.2) is 71.2 Å². The lowest BCUT2D eigenvalue weighted by Crippen LogP contribution is -2.55. The van der Waals surface area contributed by atoms with Crippen LogP contribution in [0, 0.1) is 17.8 Å². The minimum Gasteiger partial charge on any atom is -0.382 e. The molecule has 210 valence electrons. The van der Waals surface area contributed by atoms with Crippen LogP contribution in [-0.2, 0) is 10.2 Å². The van der Waals surface area contributed by atoms with Crippen LogP contribution in [0.25, 0.3) is 21.8 Å². The number of rotatable bonds is 3. The van der Waals surface area contributed by atoms with Crippen molar-refractivity contribution in [2.24, 2.45) is 17.8 Å². The second-order valence-electron chi connectivity index (χ2n) is 12.3. The largest absolute Gasteiger partial charge is 0.382 e. The van der Waals surface area contributed by atoms with E-state index in [4.69, 9.17) is 5.73 Å². The summed E-state index contributed by atoms with van der Waals surface area (Å²) in [6, 6.07) is 9.87. The molecule has 0 radical (unpaired) electrons. The van der Waals surface area contributed by atoms with E-state index in [-0.39, 0.29) is 17.9 Å². The maximum Gasteiger partial charge on any atom is 0.304 e. The van der Waals surface area contributed by atoms with Gasteiger partial charge in [0.15, 0.2) is 5.82 Å². The second kappa shape index (κ2) is 8.92. The highest BCUT2D eigenvalue weighted by Crippen LogP contribution is 2.64. The van der Waals surface area contributed by atoms with Gasteiger partial charge in [-0.25, -0.2) is 4.31 Å². The summed E-state index contributed by atoms with van der Waals surface area (Å²) in [5.41, 5.74) is 11.1. The number of hydrogen-bond donors (Lipinski definition) is 3. The first-order valence-electron chi connectivity index (χ1n) is 14.6. The Morgan fingerprint density at radius 2 is 1.70 bits per heavy atom. The van der Waals surface area contributed by atoms with E-state index < -0.39 is 10.2 Å². The van der Waals surface area contributed by atoms with Crippen LogP contribution in [0.1, 0.15) is 55.2 Å². The van der Waals surface area contributed by atoms with E-state index in [1.807, 2.05) is 24.4 Å². The van der Waals surface area contributed by atoms with Crippen LogP contribution in [0.4, 0.5) is 11.5 Å². The van der Waals surface area contributed by atoms with Gasteiger partial charge >= 0.3 is 10.2 Å². The zero-order chi connectivity index (χ0) is 27.2. The second-order valence-corrected chi connectivity index (χ2v) is 14.1. The molecule has 4 N–H and O–H groups in total.